The smallest absolute Gasteiger partial charge is 0.327 e. The minimum Gasteiger partial charge on any atom is -0.481 e. The van der Waals surface area contributed by atoms with E-state index in [9.17, 15) is 19.5 Å². The van der Waals surface area contributed by atoms with Gasteiger partial charge >= 0.3 is 18.0 Å². The van der Waals surface area contributed by atoms with Gasteiger partial charge in [-0.3, -0.25) is 4.79 Å². The number of carboxylic acid groups (broad SMARTS) is 2. The number of carbonyl (C=O) groups excluding carboxylic acids is 1. The number of hydrogen-bond donors (Lipinski definition) is 4. The molecule has 0 saturated carbocycles. The van der Waals surface area contributed by atoms with Crippen molar-refractivity contribution in [3.63, 3.8) is 0 Å². The van der Waals surface area contributed by atoms with Crippen LogP contribution < -0.4 is 10.6 Å². The van der Waals surface area contributed by atoms with Crippen LogP contribution in [-0.2, 0) is 9.59 Å². The van der Waals surface area contributed by atoms with Crippen LogP contribution in [0.3, 0.4) is 0 Å². The predicted molar refractivity (Wildman–Crippen MR) is 123 cm³/mol. The van der Waals surface area contributed by atoms with E-state index in [1.807, 2.05) is 0 Å². The molecule has 0 radical (unpaired) electrons. The van der Waals surface area contributed by atoms with Crippen molar-refractivity contribution in [3.8, 4) is 0 Å². The van der Waals surface area contributed by atoms with E-state index in [1.54, 1.807) is 0 Å². The van der Waals surface area contributed by atoms with Crippen LogP contribution in [0.25, 0.3) is 0 Å². The van der Waals surface area contributed by atoms with E-state index in [2.05, 4.69) is 56.6 Å². The summed E-state index contributed by atoms with van der Waals surface area (Å²) in [5.74, 6) is -1.25. The monoisotopic (exact) mass is 440 g/mol. The van der Waals surface area contributed by atoms with Gasteiger partial charge in [-0.15, -0.1) is 0 Å². The summed E-state index contributed by atoms with van der Waals surface area (Å²) in [6.07, 6.45) is 10.5. The number of allylic oxidation sites excluding steroid dienone is 5. The maximum atomic E-state index is 11.6. The molecule has 2 amide bonds. The minimum atomic E-state index is -1.12. The summed E-state index contributed by atoms with van der Waals surface area (Å²) in [7, 11) is 0. The SMILES string of the molecule is CC(C)=CCC/C(C)=C/CC/C(C)=C/CSCC(NC(=O)NCCC(=O)O)C(=O)O. The molecule has 0 heterocycles. The Labute approximate surface area is 184 Å². The number of nitrogens with one attached hydrogen (secondary N) is 2. The van der Waals surface area contributed by atoms with Crippen LogP contribution in [-0.4, -0.2) is 52.3 Å². The molecule has 1 atom stereocenters. The molecule has 0 rings (SSSR count). The van der Waals surface area contributed by atoms with Gasteiger partial charge in [0, 0.05) is 18.1 Å². The molecule has 0 spiro atoms. The molecule has 30 heavy (non-hydrogen) atoms. The lowest BCUT2D eigenvalue weighted by Gasteiger charge is -2.14. The van der Waals surface area contributed by atoms with E-state index in [0.717, 1.165) is 25.7 Å². The highest BCUT2D eigenvalue weighted by atomic mass is 32.2. The van der Waals surface area contributed by atoms with Crippen LogP contribution in [0.4, 0.5) is 4.79 Å². The van der Waals surface area contributed by atoms with Crippen LogP contribution >= 0.6 is 11.8 Å². The zero-order chi connectivity index (χ0) is 22.9. The summed E-state index contributed by atoms with van der Waals surface area (Å²) < 4.78 is 0. The molecule has 0 aliphatic heterocycles. The number of thioether (sulfide) groups is 1. The fourth-order valence-corrected chi connectivity index (χ4v) is 3.39. The number of aliphatic carboxylic acids is 2. The van der Waals surface area contributed by atoms with Crippen molar-refractivity contribution in [2.75, 3.05) is 18.1 Å². The molecule has 0 bridgehead atoms. The molecule has 0 aromatic rings. The second kappa shape index (κ2) is 16.6. The Hall–Kier alpha value is -2.22. The van der Waals surface area contributed by atoms with Gasteiger partial charge in [-0.05, 0) is 53.4 Å². The Morgan fingerprint density at radius 3 is 2.07 bits per heavy atom. The maximum Gasteiger partial charge on any atom is 0.327 e. The number of carboxylic acids is 2. The van der Waals surface area contributed by atoms with E-state index in [1.165, 1.54) is 28.5 Å². The molecular weight excluding hydrogens is 404 g/mol. The largest absolute Gasteiger partial charge is 0.481 e. The van der Waals surface area contributed by atoms with E-state index < -0.39 is 24.0 Å². The van der Waals surface area contributed by atoms with Crippen molar-refractivity contribution in [1.29, 1.82) is 0 Å². The minimum absolute atomic E-state index is 0.0502. The van der Waals surface area contributed by atoms with Crippen molar-refractivity contribution >= 4 is 29.7 Å². The second-order valence-corrected chi connectivity index (χ2v) is 8.51. The van der Waals surface area contributed by atoms with Gasteiger partial charge in [0.05, 0.1) is 6.42 Å². The van der Waals surface area contributed by atoms with Crippen LogP contribution in [0.5, 0.6) is 0 Å². The van der Waals surface area contributed by atoms with Crippen molar-refractivity contribution in [2.24, 2.45) is 0 Å². The average molecular weight is 441 g/mol. The zero-order valence-electron chi connectivity index (χ0n) is 18.5. The zero-order valence-corrected chi connectivity index (χ0v) is 19.3. The van der Waals surface area contributed by atoms with Crippen LogP contribution in [0.15, 0.2) is 34.9 Å². The van der Waals surface area contributed by atoms with E-state index in [0.29, 0.717) is 5.75 Å². The lowest BCUT2D eigenvalue weighted by Crippen LogP contribution is -2.47. The normalized spacial score (nSPS) is 12.8. The summed E-state index contributed by atoms with van der Waals surface area (Å²) in [4.78, 5) is 33.4. The highest BCUT2D eigenvalue weighted by molar-refractivity contribution is 7.99. The molecule has 0 aliphatic carbocycles. The van der Waals surface area contributed by atoms with Gasteiger partial charge in [0.15, 0.2) is 0 Å². The predicted octanol–water partition coefficient (Wildman–Crippen LogP) is 4.37. The van der Waals surface area contributed by atoms with E-state index in [4.69, 9.17) is 5.11 Å². The lowest BCUT2D eigenvalue weighted by molar-refractivity contribution is -0.139. The highest BCUT2D eigenvalue weighted by Crippen LogP contribution is 2.13. The molecule has 7 nitrogen and oxygen atoms in total. The quantitative estimate of drug-likeness (QED) is 0.222. The average Bonchev–Trinajstić information content (AvgIpc) is 2.63. The maximum absolute atomic E-state index is 11.6. The standard InChI is InChI=1S/C22H36N2O5S/c1-16(2)7-5-8-17(3)9-6-10-18(4)12-14-30-15-19(21(27)28)24-22(29)23-13-11-20(25)26/h7,9,12,19H,5-6,8,10-11,13-15H2,1-4H3,(H,25,26)(H,27,28)(H2,23,24,29)/b17-9+,18-12+. The van der Waals surface area contributed by atoms with Crippen LogP contribution in [0.2, 0.25) is 0 Å². The van der Waals surface area contributed by atoms with Crippen molar-refractivity contribution in [1.82, 2.24) is 10.6 Å². The molecule has 1 unspecified atom stereocenters. The summed E-state index contributed by atoms with van der Waals surface area (Å²) in [6, 6.07) is -1.71. The third kappa shape index (κ3) is 16.7. The molecule has 0 saturated heterocycles. The molecule has 0 aromatic heterocycles. The van der Waals surface area contributed by atoms with Crippen LogP contribution in [0.1, 0.15) is 59.8 Å². The summed E-state index contributed by atoms with van der Waals surface area (Å²) in [6.45, 7) is 8.39. The Balaban J connectivity index is 4.19. The molecule has 0 aliphatic rings. The molecular formula is C22H36N2O5S. The molecule has 0 aromatic carbocycles. The topological polar surface area (TPSA) is 116 Å². The van der Waals surface area contributed by atoms with Gasteiger partial charge in [-0.25, -0.2) is 9.59 Å². The molecule has 170 valence electrons. The van der Waals surface area contributed by atoms with Gasteiger partial charge in [0.2, 0.25) is 0 Å². The number of hydrogen-bond acceptors (Lipinski definition) is 4. The van der Waals surface area contributed by atoms with Crippen molar-refractivity contribution in [3.05, 3.63) is 34.9 Å². The number of urea groups is 1. The van der Waals surface area contributed by atoms with Crippen molar-refractivity contribution in [2.45, 2.75) is 65.8 Å². The first-order valence-corrected chi connectivity index (χ1v) is 11.3. The fourth-order valence-electron chi connectivity index (χ4n) is 2.39. The highest BCUT2D eigenvalue weighted by Gasteiger charge is 2.19. The Morgan fingerprint density at radius 2 is 1.50 bits per heavy atom. The van der Waals surface area contributed by atoms with Gasteiger partial charge in [-0.2, -0.15) is 11.8 Å². The molecule has 8 heteroatoms. The van der Waals surface area contributed by atoms with E-state index >= 15 is 0 Å². The number of amides is 2. The Kier molecular flexibility index (Phi) is 15.3. The Bertz CT molecular complexity index is 652. The summed E-state index contributed by atoms with van der Waals surface area (Å²) >= 11 is 1.43. The Morgan fingerprint density at radius 1 is 0.900 bits per heavy atom. The first kappa shape index (κ1) is 27.8. The second-order valence-electron chi connectivity index (χ2n) is 7.43. The number of rotatable bonds is 15. The fraction of sp³-hybridized carbons (Fsp3) is 0.591. The van der Waals surface area contributed by atoms with Crippen molar-refractivity contribution < 1.29 is 24.6 Å². The first-order chi connectivity index (χ1) is 14.1. The number of carbonyl (C=O) groups is 3. The van der Waals surface area contributed by atoms with Gasteiger partial charge in [0.25, 0.3) is 0 Å². The third-order valence-electron chi connectivity index (χ3n) is 4.18. The van der Waals surface area contributed by atoms with Gasteiger partial charge in [-0.1, -0.05) is 34.9 Å². The van der Waals surface area contributed by atoms with E-state index in [-0.39, 0.29) is 18.7 Å². The van der Waals surface area contributed by atoms with Gasteiger partial charge < -0.3 is 20.8 Å². The summed E-state index contributed by atoms with van der Waals surface area (Å²) in [5.41, 5.74) is 3.99. The first-order valence-electron chi connectivity index (χ1n) is 10.1. The van der Waals surface area contributed by atoms with Crippen LogP contribution in [0, 0.1) is 0 Å². The molecule has 4 N–H and O–H groups in total. The summed E-state index contributed by atoms with van der Waals surface area (Å²) in [5, 5.41) is 22.5. The third-order valence-corrected chi connectivity index (χ3v) is 5.16. The molecule has 0 fully saturated rings. The van der Waals surface area contributed by atoms with Gasteiger partial charge in [0.1, 0.15) is 6.04 Å². The lowest BCUT2D eigenvalue weighted by atomic mass is 10.1.